The third kappa shape index (κ3) is 3.72. The van der Waals surface area contributed by atoms with Crippen LogP contribution in [0.15, 0.2) is 46.9 Å². The van der Waals surface area contributed by atoms with Gasteiger partial charge in [-0.3, -0.25) is 0 Å². The number of hydrogen-bond acceptors (Lipinski definition) is 2. The van der Waals surface area contributed by atoms with E-state index in [1.807, 2.05) is 30.3 Å². The van der Waals surface area contributed by atoms with E-state index in [-0.39, 0.29) is 6.04 Å². The number of benzene rings is 2. The van der Waals surface area contributed by atoms with Gasteiger partial charge in [-0.25, -0.2) is 0 Å². The molecular weight excluding hydrogens is 324 g/mol. The van der Waals surface area contributed by atoms with Crippen LogP contribution in [0.25, 0.3) is 0 Å². The van der Waals surface area contributed by atoms with E-state index in [0.717, 1.165) is 15.7 Å². The molecule has 1 unspecified atom stereocenters. The Morgan fingerprint density at radius 2 is 2.05 bits per heavy atom. The number of hydrogen-bond donors (Lipinski definition) is 2. The number of aryl methyl sites for hydroxylation is 1. The lowest BCUT2D eigenvalue weighted by atomic mass is 10.1. The summed E-state index contributed by atoms with van der Waals surface area (Å²) in [5.41, 5.74) is 9.22. The second-order valence-corrected chi connectivity index (χ2v) is 5.74. The summed E-state index contributed by atoms with van der Waals surface area (Å²) in [5.74, 6) is 0. The van der Waals surface area contributed by atoms with Crippen LogP contribution in [0.5, 0.6) is 0 Å². The van der Waals surface area contributed by atoms with Gasteiger partial charge in [0.05, 0.1) is 11.1 Å². The van der Waals surface area contributed by atoms with Gasteiger partial charge < -0.3 is 11.1 Å². The number of halogens is 2. The van der Waals surface area contributed by atoms with Crippen LogP contribution in [0.3, 0.4) is 0 Å². The van der Waals surface area contributed by atoms with Gasteiger partial charge in [0.1, 0.15) is 0 Å². The first kappa shape index (κ1) is 14.4. The van der Waals surface area contributed by atoms with Crippen LogP contribution >= 0.6 is 27.5 Å². The summed E-state index contributed by atoms with van der Waals surface area (Å²) in [6, 6.07) is 14.2. The van der Waals surface area contributed by atoms with Crippen LogP contribution in [0.2, 0.25) is 5.02 Å². The van der Waals surface area contributed by atoms with Gasteiger partial charge in [-0.05, 0) is 58.2 Å². The van der Waals surface area contributed by atoms with Gasteiger partial charge in [-0.1, -0.05) is 29.8 Å². The molecule has 0 aliphatic rings. The molecule has 0 aliphatic heterocycles. The quantitative estimate of drug-likeness (QED) is 0.859. The standard InChI is InChI=1S/C15H16BrClN2/c1-10-3-2-4-12(7-10)19-15(9-18)11-5-6-13(16)14(17)8-11/h2-8,15,19H,9,18H2,1H3. The summed E-state index contributed by atoms with van der Waals surface area (Å²) in [5, 5.41) is 4.13. The zero-order valence-electron chi connectivity index (χ0n) is 10.7. The Bertz CT molecular complexity index is 572. The first-order valence-electron chi connectivity index (χ1n) is 6.08. The highest BCUT2D eigenvalue weighted by molar-refractivity contribution is 9.10. The van der Waals surface area contributed by atoms with E-state index in [0.29, 0.717) is 11.6 Å². The van der Waals surface area contributed by atoms with Crippen molar-refractivity contribution in [3.05, 3.63) is 63.1 Å². The summed E-state index contributed by atoms with van der Waals surface area (Å²) >= 11 is 9.52. The molecule has 100 valence electrons. The van der Waals surface area contributed by atoms with Gasteiger partial charge >= 0.3 is 0 Å². The number of nitrogens with two attached hydrogens (primary N) is 1. The lowest BCUT2D eigenvalue weighted by molar-refractivity contribution is 0.790. The molecule has 0 radical (unpaired) electrons. The van der Waals surface area contributed by atoms with Crippen LogP contribution < -0.4 is 11.1 Å². The lowest BCUT2D eigenvalue weighted by Crippen LogP contribution is -2.20. The summed E-state index contributed by atoms with van der Waals surface area (Å²) in [7, 11) is 0. The summed E-state index contributed by atoms with van der Waals surface area (Å²) in [4.78, 5) is 0. The first-order chi connectivity index (χ1) is 9.10. The van der Waals surface area contributed by atoms with Crippen molar-refractivity contribution in [1.82, 2.24) is 0 Å². The third-order valence-electron chi connectivity index (χ3n) is 2.94. The molecule has 0 amide bonds. The largest absolute Gasteiger partial charge is 0.377 e. The van der Waals surface area contributed by atoms with Crippen LogP contribution in [-0.4, -0.2) is 6.54 Å². The second kappa shape index (κ2) is 6.42. The Balaban J connectivity index is 2.22. The average Bonchev–Trinajstić information content (AvgIpc) is 2.39. The van der Waals surface area contributed by atoms with Gasteiger partial charge in [0.2, 0.25) is 0 Å². The Morgan fingerprint density at radius 1 is 1.26 bits per heavy atom. The van der Waals surface area contributed by atoms with Crippen molar-refractivity contribution in [2.24, 2.45) is 5.73 Å². The second-order valence-electron chi connectivity index (χ2n) is 4.48. The zero-order valence-corrected chi connectivity index (χ0v) is 13.0. The molecule has 4 heteroatoms. The average molecular weight is 340 g/mol. The van der Waals surface area contributed by atoms with Crippen LogP contribution in [0.4, 0.5) is 5.69 Å². The fraction of sp³-hybridized carbons (Fsp3) is 0.200. The molecule has 2 aromatic rings. The van der Waals surface area contributed by atoms with Crippen LogP contribution in [0, 0.1) is 6.92 Å². The maximum Gasteiger partial charge on any atom is 0.0636 e. The molecule has 0 saturated carbocycles. The van der Waals surface area contributed by atoms with E-state index in [1.165, 1.54) is 5.56 Å². The molecule has 2 rings (SSSR count). The van der Waals surface area contributed by atoms with E-state index < -0.39 is 0 Å². The Morgan fingerprint density at radius 3 is 2.68 bits per heavy atom. The van der Waals surface area contributed by atoms with Crippen molar-refractivity contribution in [1.29, 1.82) is 0 Å². The van der Waals surface area contributed by atoms with Gasteiger partial charge in [-0.15, -0.1) is 0 Å². The van der Waals surface area contributed by atoms with Gasteiger partial charge in [0.15, 0.2) is 0 Å². The van der Waals surface area contributed by atoms with Crippen molar-refractivity contribution in [3.63, 3.8) is 0 Å². The number of anilines is 1. The fourth-order valence-electron chi connectivity index (χ4n) is 1.94. The summed E-state index contributed by atoms with van der Waals surface area (Å²) in [6.45, 7) is 2.57. The minimum Gasteiger partial charge on any atom is -0.377 e. The number of rotatable bonds is 4. The van der Waals surface area contributed by atoms with Crippen molar-refractivity contribution >= 4 is 33.2 Å². The first-order valence-corrected chi connectivity index (χ1v) is 7.25. The molecule has 3 N–H and O–H groups in total. The topological polar surface area (TPSA) is 38.0 Å². The SMILES string of the molecule is Cc1cccc(NC(CN)c2ccc(Br)c(Cl)c2)c1. The molecule has 0 spiro atoms. The van der Waals surface area contributed by atoms with Gasteiger partial charge in [-0.2, -0.15) is 0 Å². The molecule has 0 bridgehead atoms. The number of nitrogens with one attached hydrogen (secondary N) is 1. The molecule has 0 heterocycles. The molecule has 0 saturated heterocycles. The maximum atomic E-state index is 6.13. The summed E-state index contributed by atoms with van der Waals surface area (Å²) < 4.78 is 0.893. The zero-order chi connectivity index (χ0) is 13.8. The van der Waals surface area contributed by atoms with Crippen molar-refractivity contribution < 1.29 is 0 Å². The predicted octanol–water partition coefficient (Wildman–Crippen LogP) is 4.52. The Kier molecular flexibility index (Phi) is 4.86. The highest BCUT2D eigenvalue weighted by atomic mass is 79.9. The third-order valence-corrected chi connectivity index (χ3v) is 4.17. The Hall–Kier alpha value is -1.03. The highest BCUT2D eigenvalue weighted by Gasteiger charge is 2.11. The fourth-order valence-corrected chi connectivity index (χ4v) is 2.38. The molecule has 0 fully saturated rings. The van der Waals surface area contributed by atoms with Crippen LogP contribution in [-0.2, 0) is 0 Å². The highest BCUT2D eigenvalue weighted by Crippen LogP contribution is 2.27. The normalized spacial score (nSPS) is 12.2. The van der Waals surface area contributed by atoms with Crippen molar-refractivity contribution in [2.45, 2.75) is 13.0 Å². The monoisotopic (exact) mass is 338 g/mol. The maximum absolute atomic E-state index is 6.13. The minimum atomic E-state index is 0.0485. The molecule has 2 aromatic carbocycles. The van der Waals surface area contributed by atoms with Crippen LogP contribution in [0.1, 0.15) is 17.2 Å². The van der Waals surface area contributed by atoms with Crippen molar-refractivity contribution in [3.8, 4) is 0 Å². The van der Waals surface area contributed by atoms with E-state index in [1.54, 1.807) is 0 Å². The molecular formula is C15H16BrClN2. The Labute approximate surface area is 127 Å². The van der Waals surface area contributed by atoms with Gasteiger partial charge in [0, 0.05) is 16.7 Å². The predicted molar refractivity (Wildman–Crippen MR) is 85.7 cm³/mol. The molecule has 2 nitrogen and oxygen atoms in total. The minimum absolute atomic E-state index is 0.0485. The molecule has 1 atom stereocenters. The lowest BCUT2D eigenvalue weighted by Gasteiger charge is -2.19. The van der Waals surface area contributed by atoms with E-state index in [2.05, 4.69) is 40.3 Å². The smallest absolute Gasteiger partial charge is 0.0636 e. The molecule has 0 aromatic heterocycles. The van der Waals surface area contributed by atoms with Gasteiger partial charge in [0.25, 0.3) is 0 Å². The van der Waals surface area contributed by atoms with E-state index in [9.17, 15) is 0 Å². The van der Waals surface area contributed by atoms with E-state index >= 15 is 0 Å². The summed E-state index contributed by atoms with van der Waals surface area (Å²) in [6.07, 6.45) is 0. The van der Waals surface area contributed by atoms with Crippen molar-refractivity contribution in [2.75, 3.05) is 11.9 Å². The molecule has 19 heavy (non-hydrogen) atoms. The molecule has 0 aliphatic carbocycles. The van der Waals surface area contributed by atoms with E-state index in [4.69, 9.17) is 17.3 Å².